The number of aromatic nitrogens is 1. The number of halogens is 1. The van der Waals surface area contributed by atoms with Crippen LogP contribution < -0.4 is 4.90 Å². The molecular formula is C12H14IN3O. The summed E-state index contributed by atoms with van der Waals surface area (Å²) in [5, 5.41) is 0. The van der Waals surface area contributed by atoms with Gasteiger partial charge in [0.25, 0.3) is 0 Å². The number of anilines is 1. The second-order valence-corrected chi connectivity index (χ2v) is 5.72. The highest BCUT2D eigenvalue weighted by molar-refractivity contribution is 14.1. The van der Waals surface area contributed by atoms with Crippen molar-refractivity contribution in [2.75, 3.05) is 24.5 Å². The van der Waals surface area contributed by atoms with Crippen LogP contribution in [0.3, 0.4) is 0 Å². The smallest absolute Gasteiger partial charge is 0.241 e. The van der Waals surface area contributed by atoms with E-state index in [4.69, 9.17) is 0 Å². The van der Waals surface area contributed by atoms with Gasteiger partial charge in [0.15, 0.2) is 0 Å². The number of piperidine rings is 1. The van der Waals surface area contributed by atoms with Crippen molar-refractivity contribution in [3.8, 4) is 0 Å². The highest BCUT2D eigenvalue weighted by Crippen LogP contribution is 2.27. The Morgan fingerprint density at radius 3 is 2.71 bits per heavy atom. The molecule has 0 unspecified atom stereocenters. The fourth-order valence-electron chi connectivity index (χ4n) is 2.67. The van der Waals surface area contributed by atoms with Gasteiger partial charge in [-0.05, 0) is 47.6 Å². The van der Waals surface area contributed by atoms with E-state index in [1.165, 1.54) is 0 Å². The van der Waals surface area contributed by atoms with Crippen LogP contribution in [0.15, 0.2) is 18.3 Å². The van der Waals surface area contributed by atoms with Crippen molar-refractivity contribution in [1.82, 2.24) is 9.88 Å². The molecule has 0 atom stereocenters. The zero-order chi connectivity index (χ0) is 11.8. The molecule has 3 saturated heterocycles. The van der Waals surface area contributed by atoms with Crippen molar-refractivity contribution >= 4 is 34.2 Å². The van der Waals surface area contributed by atoms with Gasteiger partial charge in [0.05, 0.1) is 18.4 Å². The Morgan fingerprint density at radius 2 is 2.06 bits per heavy atom. The maximum absolute atomic E-state index is 12.2. The van der Waals surface area contributed by atoms with Crippen molar-refractivity contribution in [2.45, 2.75) is 18.9 Å². The predicted molar refractivity (Wildman–Crippen MR) is 73.9 cm³/mol. The second kappa shape index (κ2) is 4.53. The van der Waals surface area contributed by atoms with Crippen LogP contribution in [0.25, 0.3) is 0 Å². The highest BCUT2D eigenvalue weighted by Gasteiger charge is 2.34. The Bertz CT molecular complexity index is 426. The summed E-state index contributed by atoms with van der Waals surface area (Å²) < 4.78 is 0.960. The monoisotopic (exact) mass is 343 g/mol. The number of nitrogens with zero attached hydrogens (tertiary/aromatic N) is 3. The van der Waals surface area contributed by atoms with Gasteiger partial charge in [0.2, 0.25) is 5.91 Å². The number of amides is 1. The zero-order valence-corrected chi connectivity index (χ0v) is 11.6. The minimum absolute atomic E-state index is 0.216. The summed E-state index contributed by atoms with van der Waals surface area (Å²) in [6, 6.07) is 4.32. The summed E-state index contributed by atoms with van der Waals surface area (Å²) >= 11 is 2.18. The quantitative estimate of drug-likeness (QED) is 0.573. The molecule has 3 aliphatic heterocycles. The summed E-state index contributed by atoms with van der Waals surface area (Å²) in [7, 11) is 0. The lowest BCUT2D eigenvalue weighted by molar-refractivity contribution is -0.118. The fourth-order valence-corrected chi connectivity index (χ4v) is 2.99. The van der Waals surface area contributed by atoms with Crippen LogP contribution in [0.5, 0.6) is 0 Å². The number of fused-ring (bicyclic) bond motifs is 4. The van der Waals surface area contributed by atoms with Crippen LogP contribution in [0.4, 0.5) is 5.69 Å². The van der Waals surface area contributed by atoms with Gasteiger partial charge < -0.3 is 4.90 Å². The van der Waals surface area contributed by atoms with E-state index in [2.05, 4.69) is 32.5 Å². The van der Waals surface area contributed by atoms with E-state index >= 15 is 0 Å². The fraction of sp³-hybridized carbons (Fsp3) is 0.500. The Kier molecular flexibility index (Phi) is 3.04. The molecule has 4 nitrogen and oxygen atoms in total. The molecule has 90 valence electrons. The van der Waals surface area contributed by atoms with Gasteiger partial charge in [0, 0.05) is 19.1 Å². The van der Waals surface area contributed by atoms with E-state index in [-0.39, 0.29) is 5.91 Å². The molecule has 5 heteroatoms. The standard InChI is InChI=1S/C12H14IN3O/c13-11-2-1-10(7-14-11)16-9-3-5-15(6-4-9)8-12(16)17/h1-2,7,9H,3-6,8H2. The molecular weight excluding hydrogens is 329 g/mol. The van der Waals surface area contributed by atoms with Crippen LogP contribution in [-0.2, 0) is 4.79 Å². The van der Waals surface area contributed by atoms with Crippen LogP contribution in [0, 0.1) is 3.70 Å². The molecule has 3 aliphatic rings. The molecule has 3 fully saturated rings. The Hall–Kier alpha value is -0.690. The van der Waals surface area contributed by atoms with Gasteiger partial charge in [-0.15, -0.1) is 0 Å². The molecule has 0 saturated carbocycles. The van der Waals surface area contributed by atoms with Crippen molar-refractivity contribution < 1.29 is 4.79 Å². The summed E-state index contributed by atoms with van der Waals surface area (Å²) in [5.74, 6) is 0.216. The van der Waals surface area contributed by atoms with Crippen LogP contribution in [0.1, 0.15) is 12.8 Å². The van der Waals surface area contributed by atoms with Crippen LogP contribution in [0.2, 0.25) is 0 Å². The predicted octanol–water partition coefficient (Wildman–Crippen LogP) is 1.50. The molecule has 1 amide bonds. The van der Waals surface area contributed by atoms with Crippen molar-refractivity contribution in [3.63, 3.8) is 0 Å². The van der Waals surface area contributed by atoms with E-state index in [0.29, 0.717) is 12.6 Å². The van der Waals surface area contributed by atoms with Gasteiger partial charge in [-0.3, -0.25) is 9.69 Å². The molecule has 2 bridgehead atoms. The molecule has 4 heterocycles. The minimum atomic E-state index is 0.216. The first-order valence-electron chi connectivity index (χ1n) is 5.90. The second-order valence-electron chi connectivity index (χ2n) is 4.61. The third-order valence-corrected chi connectivity index (χ3v) is 4.18. The number of carbonyl (C=O) groups is 1. The van der Waals surface area contributed by atoms with E-state index in [9.17, 15) is 4.79 Å². The molecule has 17 heavy (non-hydrogen) atoms. The number of hydrogen-bond acceptors (Lipinski definition) is 3. The average Bonchev–Trinajstić information content (AvgIpc) is 2.58. The molecule has 0 radical (unpaired) electrons. The van der Waals surface area contributed by atoms with Crippen LogP contribution >= 0.6 is 22.6 Å². The Labute approximate surface area is 114 Å². The maximum Gasteiger partial charge on any atom is 0.241 e. The van der Waals surface area contributed by atoms with Gasteiger partial charge in [-0.1, -0.05) is 0 Å². The van der Waals surface area contributed by atoms with Crippen molar-refractivity contribution in [3.05, 3.63) is 22.0 Å². The van der Waals surface area contributed by atoms with Crippen LogP contribution in [-0.4, -0.2) is 41.5 Å². The SMILES string of the molecule is O=C1CN2CCC(CC2)N1c1ccc(I)nc1. The number of hydrogen-bond donors (Lipinski definition) is 0. The lowest BCUT2D eigenvalue weighted by Gasteiger charge is -2.31. The van der Waals surface area contributed by atoms with Gasteiger partial charge >= 0.3 is 0 Å². The normalized spacial score (nSPS) is 28.3. The van der Waals surface area contributed by atoms with Crippen molar-refractivity contribution in [2.24, 2.45) is 0 Å². The Balaban J connectivity index is 1.94. The summed E-state index contributed by atoms with van der Waals surface area (Å²) in [4.78, 5) is 20.7. The first kappa shape index (κ1) is 11.4. The topological polar surface area (TPSA) is 36.4 Å². The minimum Gasteiger partial charge on any atom is -0.307 e. The lowest BCUT2D eigenvalue weighted by Crippen LogP contribution is -2.40. The van der Waals surface area contributed by atoms with Gasteiger partial charge in [-0.2, -0.15) is 0 Å². The number of rotatable bonds is 1. The largest absolute Gasteiger partial charge is 0.307 e. The van der Waals surface area contributed by atoms with Crippen molar-refractivity contribution in [1.29, 1.82) is 0 Å². The highest BCUT2D eigenvalue weighted by atomic mass is 127. The molecule has 0 aromatic carbocycles. The zero-order valence-electron chi connectivity index (χ0n) is 9.47. The van der Waals surface area contributed by atoms with Gasteiger partial charge in [0.1, 0.15) is 3.70 Å². The van der Waals surface area contributed by atoms with E-state index in [1.54, 1.807) is 0 Å². The third kappa shape index (κ3) is 2.18. The molecule has 0 N–H and O–H groups in total. The van der Waals surface area contributed by atoms with E-state index in [1.807, 2.05) is 23.2 Å². The molecule has 0 aliphatic carbocycles. The first-order chi connectivity index (χ1) is 8.24. The lowest BCUT2D eigenvalue weighted by atomic mass is 10.0. The molecule has 0 spiro atoms. The third-order valence-electron chi connectivity index (χ3n) is 3.54. The van der Waals surface area contributed by atoms with E-state index in [0.717, 1.165) is 35.3 Å². The van der Waals surface area contributed by atoms with E-state index < -0.39 is 0 Å². The molecule has 1 aromatic heterocycles. The average molecular weight is 343 g/mol. The summed E-state index contributed by atoms with van der Waals surface area (Å²) in [6.45, 7) is 2.65. The first-order valence-corrected chi connectivity index (χ1v) is 6.98. The maximum atomic E-state index is 12.2. The van der Waals surface area contributed by atoms with Gasteiger partial charge in [-0.25, -0.2) is 4.98 Å². The number of carbonyl (C=O) groups excluding carboxylic acids is 1. The molecule has 1 aromatic rings. The molecule has 4 rings (SSSR count). The summed E-state index contributed by atoms with van der Waals surface area (Å²) in [6.07, 6.45) is 3.98. The Morgan fingerprint density at radius 1 is 1.29 bits per heavy atom. The number of pyridine rings is 1. The summed E-state index contributed by atoms with van der Waals surface area (Å²) in [5.41, 5.74) is 0.948.